The van der Waals surface area contributed by atoms with E-state index in [4.69, 9.17) is 0 Å². The van der Waals surface area contributed by atoms with E-state index in [1.165, 1.54) is 54.1 Å². The molecule has 0 aliphatic heterocycles. The van der Waals surface area contributed by atoms with Gasteiger partial charge in [0, 0.05) is 33.3 Å². The summed E-state index contributed by atoms with van der Waals surface area (Å²) in [6.07, 6.45) is 2.10. The fourth-order valence-corrected chi connectivity index (χ4v) is 5.65. The number of hydrogen-bond donors (Lipinski definition) is 0. The number of thiophene rings is 1. The summed E-state index contributed by atoms with van der Waals surface area (Å²) in [6.45, 7) is 2.18. The van der Waals surface area contributed by atoms with E-state index in [1.807, 2.05) is 11.3 Å². The minimum absolute atomic E-state index is 1.23. The zero-order chi connectivity index (χ0) is 21.7. The Kier molecular flexibility index (Phi) is 4.44. The van der Waals surface area contributed by atoms with E-state index in [9.17, 15) is 0 Å². The molecule has 0 atom stereocenters. The minimum atomic E-state index is 1.23. The van der Waals surface area contributed by atoms with E-state index in [0.29, 0.717) is 0 Å². The molecule has 0 radical (unpaired) electrons. The maximum absolute atomic E-state index is 2.39. The molecule has 6 aromatic rings. The lowest BCUT2D eigenvalue weighted by molar-refractivity contribution is -0.660. The standard InChI is InChI=1S/C29H23N2S/c1-20-14-15-21(19-24(20)25-11-7-8-18-30(25)2)28-16-17-29(32-28)31-26-12-5-3-9-22(26)23-10-4-6-13-27(23)31/h3-19H,1-2H3/q+1. The van der Waals surface area contributed by atoms with Gasteiger partial charge in [0.25, 0.3) is 0 Å². The molecule has 0 amide bonds. The second-order valence-electron chi connectivity index (χ2n) is 8.23. The molecule has 3 heteroatoms. The van der Waals surface area contributed by atoms with Gasteiger partial charge in [0.2, 0.25) is 5.69 Å². The molecule has 0 fully saturated rings. The van der Waals surface area contributed by atoms with Crippen molar-refractivity contribution < 1.29 is 4.57 Å². The largest absolute Gasteiger partial charge is 0.301 e. The van der Waals surface area contributed by atoms with Crippen LogP contribution in [-0.4, -0.2) is 4.57 Å². The van der Waals surface area contributed by atoms with E-state index in [1.54, 1.807) is 0 Å². The zero-order valence-electron chi connectivity index (χ0n) is 18.1. The molecule has 2 nitrogen and oxygen atoms in total. The average Bonchev–Trinajstić information content (AvgIpc) is 3.43. The molecular formula is C29H23N2S+. The molecule has 0 saturated carbocycles. The van der Waals surface area contributed by atoms with E-state index < -0.39 is 0 Å². The molecule has 3 heterocycles. The molecule has 32 heavy (non-hydrogen) atoms. The lowest BCUT2D eigenvalue weighted by atomic mass is 10.0. The van der Waals surface area contributed by atoms with Gasteiger partial charge in [-0.15, -0.1) is 11.3 Å². The Morgan fingerprint density at radius 3 is 2.12 bits per heavy atom. The van der Waals surface area contributed by atoms with Gasteiger partial charge < -0.3 is 4.57 Å². The Morgan fingerprint density at radius 2 is 1.41 bits per heavy atom. The van der Waals surface area contributed by atoms with Crippen molar-refractivity contribution in [1.29, 1.82) is 0 Å². The van der Waals surface area contributed by atoms with Crippen LogP contribution in [0.4, 0.5) is 0 Å². The number of fused-ring (bicyclic) bond motifs is 3. The zero-order valence-corrected chi connectivity index (χ0v) is 18.9. The van der Waals surface area contributed by atoms with Gasteiger partial charge in [-0.3, -0.25) is 0 Å². The summed E-state index contributed by atoms with van der Waals surface area (Å²) >= 11 is 1.84. The minimum Gasteiger partial charge on any atom is -0.301 e. The van der Waals surface area contributed by atoms with Crippen LogP contribution in [0.15, 0.2) is 103 Å². The predicted octanol–water partition coefficient (Wildman–Crippen LogP) is 7.31. The highest BCUT2D eigenvalue weighted by Gasteiger charge is 2.16. The summed E-state index contributed by atoms with van der Waals surface area (Å²) < 4.78 is 4.58. The number of aryl methyl sites for hydroxylation is 2. The molecule has 0 aliphatic carbocycles. The number of hydrogen-bond acceptors (Lipinski definition) is 1. The number of pyridine rings is 1. The second kappa shape index (κ2) is 7.47. The summed E-state index contributed by atoms with van der Waals surface area (Å²) in [4.78, 5) is 1.28. The number of nitrogens with zero attached hydrogens (tertiary/aromatic N) is 2. The van der Waals surface area contributed by atoms with Crippen LogP contribution in [0.5, 0.6) is 0 Å². The van der Waals surface area contributed by atoms with Crippen LogP contribution in [-0.2, 0) is 7.05 Å². The van der Waals surface area contributed by atoms with Crippen molar-refractivity contribution in [3.63, 3.8) is 0 Å². The first-order chi connectivity index (χ1) is 15.7. The van der Waals surface area contributed by atoms with E-state index in [-0.39, 0.29) is 0 Å². The summed E-state index contributed by atoms with van der Waals surface area (Å²) in [5, 5.41) is 3.84. The SMILES string of the molecule is Cc1ccc(-c2ccc(-n3c4ccccc4c4ccccc43)s2)cc1-c1cccc[n+]1C. The third kappa shape index (κ3) is 2.97. The molecule has 0 N–H and O–H groups in total. The third-order valence-corrected chi connectivity index (χ3v) is 7.36. The second-order valence-corrected chi connectivity index (χ2v) is 9.30. The van der Waals surface area contributed by atoms with Crippen molar-refractivity contribution in [3.05, 3.63) is 109 Å². The predicted molar refractivity (Wildman–Crippen MR) is 135 cm³/mol. The fraction of sp³-hybridized carbons (Fsp3) is 0.0690. The first-order valence-electron chi connectivity index (χ1n) is 10.9. The van der Waals surface area contributed by atoms with Crippen LogP contribution in [0.1, 0.15) is 5.56 Å². The Bertz CT molecular complexity index is 1550. The Morgan fingerprint density at radius 1 is 0.719 bits per heavy atom. The molecule has 0 unspecified atom stereocenters. The number of para-hydroxylation sites is 2. The Labute approximate surface area is 191 Å². The van der Waals surface area contributed by atoms with Gasteiger partial charge in [-0.2, -0.15) is 0 Å². The lowest BCUT2D eigenvalue weighted by Crippen LogP contribution is -2.30. The number of rotatable bonds is 3. The molecule has 0 aliphatic rings. The molecular weight excluding hydrogens is 408 g/mol. The topological polar surface area (TPSA) is 8.81 Å². The van der Waals surface area contributed by atoms with Gasteiger partial charge in [0.15, 0.2) is 6.20 Å². The normalized spacial score (nSPS) is 11.4. The first kappa shape index (κ1) is 19.0. The lowest BCUT2D eigenvalue weighted by Gasteiger charge is -2.07. The fourth-order valence-electron chi connectivity index (χ4n) is 4.62. The summed E-state index contributed by atoms with van der Waals surface area (Å²) in [5.74, 6) is 0. The van der Waals surface area contributed by atoms with Gasteiger partial charge in [0.05, 0.1) is 11.0 Å². The number of benzene rings is 3. The van der Waals surface area contributed by atoms with Crippen molar-refractivity contribution in [2.45, 2.75) is 6.92 Å². The van der Waals surface area contributed by atoms with Crippen LogP contribution in [0.2, 0.25) is 0 Å². The highest BCUT2D eigenvalue weighted by atomic mass is 32.1. The third-order valence-electron chi connectivity index (χ3n) is 6.25. The smallest absolute Gasteiger partial charge is 0.212 e. The summed E-state index contributed by atoms with van der Waals surface area (Å²) in [6, 6.07) is 35.0. The van der Waals surface area contributed by atoms with Crippen molar-refractivity contribution in [1.82, 2.24) is 4.57 Å². The molecule has 0 saturated heterocycles. The number of aromatic nitrogens is 2. The maximum atomic E-state index is 2.39. The van der Waals surface area contributed by atoms with Gasteiger partial charge in [-0.05, 0) is 54.4 Å². The van der Waals surface area contributed by atoms with Gasteiger partial charge in [-0.25, -0.2) is 4.57 Å². The maximum Gasteiger partial charge on any atom is 0.212 e. The highest BCUT2D eigenvalue weighted by molar-refractivity contribution is 7.18. The Hall–Kier alpha value is -3.69. The van der Waals surface area contributed by atoms with Crippen molar-refractivity contribution in [3.8, 4) is 26.7 Å². The highest BCUT2D eigenvalue weighted by Crippen LogP contribution is 2.38. The van der Waals surface area contributed by atoms with E-state index >= 15 is 0 Å². The average molecular weight is 432 g/mol. The van der Waals surface area contributed by atoms with Crippen LogP contribution in [0.3, 0.4) is 0 Å². The van der Waals surface area contributed by atoms with Crippen molar-refractivity contribution in [2.24, 2.45) is 7.05 Å². The summed E-state index contributed by atoms with van der Waals surface area (Å²) in [5.41, 5.74) is 7.55. The molecule has 3 aromatic carbocycles. The molecule has 0 bridgehead atoms. The quantitative estimate of drug-likeness (QED) is 0.260. The van der Waals surface area contributed by atoms with Gasteiger partial charge >= 0.3 is 0 Å². The first-order valence-corrected chi connectivity index (χ1v) is 11.7. The van der Waals surface area contributed by atoms with Crippen LogP contribution in [0, 0.1) is 6.92 Å². The van der Waals surface area contributed by atoms with Crippen LogP contribution < -0.4 is 4.57 Å². The monoisotopic (exact) mass is 431 g/mol. The van der Waals surface area contributed by atoms with Crippen LogP contribution in [0.25, 0.3) is 48.5 Å². The van der Waals surface area contributed by atoms with Gasteiger partial charge in [-0.1, -0.05) is 48.5 Å². The van der Waals surface area contributed by atoms with E-state index in [2.05, 4.69) is 126 Å². The molecule has 6 rings (SSSR count). The Balaban J connectivity index is 1.50. The molecule has 3 aromatic heterocycles. The summed E-state index contributed by atoms with van der Waals surface area (Å²) in [7, 11) is 2.10. The van der Waals surface area contributed by atoms with E-state index in [0.717, 1.165) is 0 Å². The van der Waals surface area contributed by atoms with Gasteiger partial charge in [0.1, 0.15) is 12.0 Å². The van der Waals surface area contributed by atoms with Crippen molar-refractivity contribution >= 4 is 33.1 Å². The molecule has 0 spiro atoms. The van der Waals surface area contributed by atoms with Crippen LogP contribution >= 0.6 is 11.3 Å². The molecule has 154 valence electrons. The van der Waals surface area contributed by atoms with Crippen molar-refractivity contribution in [2.75, 3.05) is 0 Å².